The van der Waals surface area contributed by atoms with Crippen molar-refractivity contribution >= 4 is 9.47 Å². The summed E-state index contributed by atoms with van der Waals surface area (Å²) in [5.74, 6) is 7.52. The maximum Gasteiger partial charge on any atom is 0.0800 e. The van der Waals surface area contributed by atoms with Gasteiger partial charge in [-0.25, -0.2) is 0 Å². The summed E-state index contributed by atoms with van der Waals surface area (Å²) in [6.45, 7) is 2.20. The van der Waals surface area contributed by atoms with E-state index in [9.17, 15) is 0 Å². The highest BCUT2D eigenvalue weighted by molar-refractivity contribution is 7.09. The molecule has 1 fully saturated rings. The molecule has 0 radical (unpaired) electrons. The summed E-state index contributed by atoms with van der Waals surface area (Å²) in [6, 6.07) is 2.23. The van der Waals surface area contributed by atoms with E-state index in [4.69, 9.17) is 9.79 Å². The maximum atomic E-state index is 8.57. The van der Waals surface area contributed by atoms with Crippen LogP contribution in [0.3, 0.4) is 0 Å². The molecule has 0 aromatic rings. The summed E-state index contributed by atoms with van der Waals surface area (Å²) in [7, 11) is 2.34. The first-order valence-electron chi connectivity index (χ1n) is 7.19. The molecule has 2 nitrogen and oxygen atoms in total. The molecule has 0 amide bonds. The normalized spacial score (nSPS) is 22.6. The van der Waals surface area contributed by atoms with Gasteiger partial charge in [0.2, 0.25) is 0 Å². The van der Waals surface area contributed by atoms with Gasteiger partial charge < -0.3 is 4.52 Å². The third-order valence-electron chi connectivity index (χ3n) is 3.55. The van der Waals surface area contributed by atoms with Gasteiger partial charge in [0.15, 0.2) is 0 Å². The minimum atomic E-state index is 0.165. The van der Waals surface area contributed by atoms with E-state index in [2.05, 4.69) is 34.3 Å². The van der Waals surface area contributed by atoms with Crippen molar-refractivity contribution in [2.24, 2.45) is 11.8 Å². The van der Waals surface area contributed by atoms with Crippen LogP contribution in [0.2, 0.25) is 0 Å². The van der Waals surface area contributed by atoms with Gasteiger partial charge in [-0.3, -0.25) is 0 Å². The zero-order valence-corrected chi connectivity index (χ0v) is 12.9. The number of nitrogens with zero attached hydrogens (tertiary/aromatic N) is 1. The Hall–Kier alpha value is -0.820. The Morgan fingerprint density at radius 3 is 2.84 bits per heavy atom. The van der Waals surface area contributed by atoms with E-state index in [0.717, 1.165) is 12.8 Å². The van der Waals surface area contributed by atoms with Gasteiger partial charge in [-0.05, 0) is 36.8 Å². The van der Waals surface area contributed by atoms with Gasteiger partial charge in [0, 0.05) is 22.3 Å². The Labute approximate surface area is 119 Å². The molecular weight excluding hydrogens is 253 g/mol. The summed E-state index contributed by atoms with van der Waals surface area (Å²) in [6.07, 6.45) is 11.7. The van der Waals surface area contributed by atoms with Crippen LogP contribution in [-0.4, -0.2) is 6.10 Å². The zero-order chi connectivity index (χ0) is 13.9. The first-order chi connectivity index (χ1) is 9.31. The molecule has 0 heterocycles. The standard InChI is InChI=1S/C16H24NOP/c1-2-3-5-9-16(18-19)10-7-4-6-8-14-13-15(14)11-12-17/h7,10,14-16H,2-3,5,8-9,11,13,19H2,1H3/b10-7+/t14-,15-,16?/m0/s1. The highest BCUT2D eigenvalue weighted by atomic mass is 31.0. The van der Waals surface area contributed by atoms with Gasteiger partial charge in [-0.15, -0.1) is 0 Å². The minimum absolute atomic E-state index is 0.165. The van der Waals surface area contributed by atoms with E-state index in [0.29, 0.717) is 18.3 Å². The second-order valence-corrected chi connectivity index (χ2v) is 5.44. The highest BCUT2D eigenvalue weighted by Gasteiger charge is 2.35. The monoisotopic (exact) mass is 277 g/mol. The fourth-order valence-electron chi connectivity index (χ4n) is 2.14. The fourth-order valence-corrected chi connectivity index (χ4v) is 2.36. The third kappa shape index (κ3) is 7.37. The fraction of sp³-hybridized carbons (Fsp3) is 0.688. The van der Waals surface area contributed by atoms with E-state index in [-0.39, 0.29) is 6.10 Å². The van der Waals surface area contributed by atoms with Crippen LogP contribution >= 0.6 is 9.47 Å². The number of hydrogen-bond acceptors (Lipinski definition) is 2. The lowest BCUT2D eigenvalue weighted by Gasteiger charge is -2.08. The van der Waals surface area contributed by atoms with E-state index < -0.39 is 0 Å². The van der Waals surface area contributed by atoms with Crippen molar-refractivity contribution in [1.29, 1.82) is 5.26 Å². The minimum Gasteiger partial charge on any atom is -0.358 e. The van der Waals surface area contributed by atoms with Crippen LogP contribution in [0.15, 0.2) is 12.2 Å². The zero-order valence-electron chi connectivity index (χ0n) is 11.8. The van der Waals surface area contributed by atoms with Crippen LogP contribution in [-0.2, 0) is 4.52 Å². The Kier molecular flexibility index (Phi) is 8.57. The Bertz CT molecular complexity index is 374. The summed E-state index contributed by atoms with van der Waals surface area (Å²) in [4.78, 5) is 0. The summed E-state index contributed by atoms with van der Waals surface area (Å²) < 4.78 is 5.31. The van der Waals surface area contributed by atoms with Gasteiger partial charge in [-0.1, -0.05) is 38.0 Å². The molecule has 0 saturated heterocycles. The van der Waals surface area contributed by atoms with E-state index >= 15 is 0 Å². The van der Waals surface area contributed by atoms with Gasteiger partial charge in [0.1, 0.15) is 0 Å². The predicted octanol–water partition coefficient (Wildman–Crippen LogP) is 4.24. The lowest BCUT2D eigenvalue weighted by Crippen LogP contribution is -2.02. The second-order valence-electron chi connectivity index (χ2n) is 5.17. The van der Waals surface area contributed by atoms with Crippen LogP contribution in [0.25, 0.3) is 0 Å². The quantitative estimate of drug-likeness (QED) is 0.377. The van der Waals surface area contributed by atoms with Crippen LogP contribution in [0, 0.1) is 35.0 Å². The topological polar surface area (TPSA) is 33.0 Å². The van der Waals surface area contributed by atoms with Crippen molar-refractivity contribution in [3.8, 4) is 17.9 Å². The molecule has 0 aromatic carbocycles. The van der Waals surface area contributed by atoms with Gasteiger partial charge >= 0.3 is 0 Å². The largest absolute Gasteiger partial charge is 0.358 e. The van der Waals surface area contributed by atoms with Crippen molar-refractivity contribution in [1.82, 2.24) is 0 Å². The van der Waals surface area contributed by atoms with Crippen LogP contribution in [0.1, 0.15) is 51.9 Å². The number of unbranched alkanes of at least 4 members (excludes halogenated alkanes) is 2. The average molecular weight is 277 g/mol. The SMILES string of the molecule is CCCCCC(/C=C/C#CC[C@H]1C[C@@H]1CC#N)OP. The van der Waals surface area contributed by atoms with Crippen LogP contribution in [0.4, 0.5) is 0 Å². The van der Waals surface area contributed by atoms with E-state index in [1.807, 2.05) is 12.2 Å². The van der Waals surface area contributed by atoms with Gasteiger partial charge in [0.05, 0.1) is 12.2 Å². The average Bonchev–Trinajstić information content (AvgIpc) is 3.15. The van der Waals surface area contributed by atoms with Gasteiger partial charge in [-0.2, -0.15) is 5.26 Å². The first kappa shape index (κ1) is 16.2. The van der Waals surface area contributed by atoms with Crippen molar-refractivity contribution in [3.63, 3.8) is 0 Å². The van der Waals surface area contributed by atoms with Crippen molar-refractivity contribution in [3.05, 3.63) is 12.2 Å². The number of allylic oxidation sites excluding steroid dienone is 1. The van der Waals surface area contributed by atoms with Crippen molar-refractivity contribution < 1.29 is 4.52 Å². The Morgan fingerprint density at radius 2 is 2.16 bits per heavy atom. The lowest BCUT2D eigenvalue weighted by atomic mass is 10.1. The summed E-state index contributed by atoms with van der Waals surface area (Å²) in [5, 5.41) is 8.57. The van der Waals surface area contributed by atoms with E-state index in [1.165, 1.54) is 25.7 Å². The summed E-state index contributed by atoms with van der Waals surface area (Å²) >= 11 is 0. The smallest absolute Gasteiger partial charge is 0.0800 e. The molecule has 1 rings (SSSR count). The lowest BCUT2D eigenvalue weighted by molar-refractivity contribution is 0.274. The van der Waals surface area contributed by atoms with Crippen molar-refractivity contribution in [2.75, 3.05) is 0 Å². The van der Waals surface area contributed by atoms with Gasteiger partial charge in [0.25, 0.3) is 0 Å². The Morgan fingerprint density at radius 1 is 1.37 bits per heavy atom. The molecule has 0 aliphatic heterocycles. The Balaban J connectivity index is 2.16. The third-order valence-corrected chi connectivity index (χ3v) is 3.90. The van der Waals surface area contributed by atoms with Crippen molar-refractivity contribution in [2.45, 2.75) is 58.0 Å². The first-order valence-corrected chi connectivity index (χ1v) is 7.66. The molecule has 1 aliphatic carbocycles. The van der Waals surface area contributed by atoms with Crippen LogP contribution in [0.5, 0.6) is 0 Å². The molecule has 0 N–H and O–H groups in total. The number of nitriles is 1. The number of hydrogen-bond donors (Lipinski definition) is 0. The summed E-state index contributed by atoms with van der Waals surface area (Å²) in [5.41, 5.74) is 0. The molecule has 3 heteroatoms. The maximum absolute atomic E-state index is 8.57. The predicted molar refractivity (Wildman–Crippen MR) is 82.1 cm³/mol. The molecule has 1 aliphatic rings. The highest BCUT2D eigenvalue weighted by Crippen LogP contribution is 2.43. The molecule has 0 aromatic heterocycles. The molecule has 0 bridgehead atoms. The molecule has 1 saturated carbocycles. The second kappa shape index (κ2) is 10.0. The molecule has 2 unspecified atom stereocenters. The molecule has 4 atom stereocenters. The van der Waals surface area contributed by atoms with E-state index in [1.54, 1.807) is 0 Å². The molecular formula is C16H24NOP. The van der Waals surface area contributed by atoms with Crippen LogP contribution < -0.4 is 0 Å². The molecule has 19 heavy (non-hydrogen) atoms. The molecule has 0 spiro atoms. The number of rotatable bonds is 8. The molecule has 104 valence electrons.